The van der Waals surface area contributed by atoms with Crippen molar-refractivity contribution in [2.45, 2.75) is 18.7 Å². The minimum absolute atomic E-state index is 0.0293. The average Bonchev–Trinajstić information content (AvgIpc) is 2.49. The Hall–Kier alpha value is -2.61. The van der Waals surface area contributed by atoms with Gasteiger partial charge in [-0.1, -0.05) is 17.7 Å². The van der Waals surface area contributed by atoms with Crippen molar-refractivity contribution in [2.75, 3.05) is 11.3 Å². The zero-order valence-electron chi connectivity index (χ0n) is 12.6. The number of hydrogen-bond acceptors (Lipinski definition) is 5. The van der Waals surface area contributed by atoms with Gasteiger partial charge in [0.05, 0.1) is 22.1 Å². The predicted octanol–water partition coefficient (Wildman–Crippen LogP) is 3.10. The second-order valence-corrected chi connectivity index (χ2v) is 6.47. The van der Waals surface area contributed by atoms with Crippen LogP contribution in [0.1, 0.15) is 12.5 Å². The van der Waals surface area contributed by atoms with Gasteiger partial charge in [-0.05, 0) is 32.0 Å². The summed E-state index contributed by atoms with van der Waals surface area (Å²) in [5.41, 5.74) is 0.728. The van der Waals surface area contributed by atoms with Crippen LogP contribution in [0.25, 0.3) is 0 Å². The van der Waals surface area contributed by atoms with Gasteiger partial charge in [-0.3, -0.25) is 14.8 Å². The summed E-state index contributed by atoms with van der Waals surface area (Å²) in [5.74, 6) is 0.230. The fourth-order valence-corrected chi connectivity index (χ4v) is 2.98. The van der Waals surface area contributed by atoms with E-state index in [1.807, 2.05) is 6.92 Å². The van der Waals surface area contributed by atoms with Crippen molar-refractivity contribution in [2.24, 2.45) is 0 Å². The third kappa shape index (κ3) is 3.98. The molecule has 0 bridgehead atoms. The van der Waals surface area contributed by atoms with Gasteiger partial charge in [0.25, 0.3) is 15.7 Å². The van der Waals surface area contributed by atoms with Crippen LogP contribution in [0, 0.1) is 17.0 Å². The summed E-state index contributed by atoms with van der Waals surface area (Å²) in [4.78, 5) is 10.4. The van der Waals surface area contributed by atoms with Gasteiger partial charge < -0.3 is 4.74 Å². The highest BCUT2D eigenvalue weighted by atomic mass is 32.2. The molecule has 0 saturated heterocycles. The number of nitro groups is 1. The normalized spacial score (nSPS) is 11.0. The fraction of sp³-hybridized carbons (Fsp3) is 0.200. The third-order valence-electron chi connectivity index (χ3n) is 3.05. The molecule has 0 atom stereocenters. The first-order valence-electron chi connectivity index (χ1n) is 6.84. The summed E-state index contributed by atoms with van der Waals surface area (Å²) in [7, 11) is -3.87. The molecule has 2 rings (SSSR count). The first-order chi connectivity index (χ1) is 10.8. The summed E-state index contributed by atoms with van der Waals surface area (Å²) >= 11 is 0. The Kier molecular flexibility index (Phi) is 4.85. The molecule has 7 nitrogen and oxygen atoms in total. The maximum absolute atomic E-state index is 12.4. The van der Waals surface area contributed by atoms with Crippen LogP contribution in [-0.4, -0.2) is 19.9 Å². The van der Waals surface area contributed by atoms with Crippen LogP contribution < -0.4 is 9.46 Å². The standard InChI is InChI=1S/C15H16N2O5S/c1-3-22-15-9-6-12(17(18)19)10-14(15)16-23(20,21)13-7-4-11(2)5-8-13/h4-10,16H,3H2,1-2H3. The Labute approximate surface area is 134 Å². The summed E-state index contributed by atoms with van der Waals surface area (Å²) in [6.07, 6.45) is 0. The minimum Gasteiger partial charge on any atom is -0.492 e. The Balaban J connectivity index is 2.42. The third-order valence-corrected chi connectivity index (χ3v) is 4.43. The molecule has 0 aromatic heterocycles. The van der Waals surface area contributed by atoms with E-state index in [2.05, 4.69) is 4.72 Å². The topological polar surface area (TPSA) is 98.5 Å². The van der Waals surface area contributed by atoms with Gasteiger partial charge >= 0.3 is 0 Å². The van der Waals surface area contributed by atoms with Crippen molar-refractivity contribution < 1.29 is 18.1 Å². The van der Waals surface area contributed by atoms with Gasteiger partial charge in [-0.2, -0.15) is 0 Å². The second-order valence-electron chi connectivity index (χ2n) is 4.79. The molecule has 0 amide bonds. The van der Waals surface area contributed by atoms with Crippen molar-refractivity contribution >= 4 is 21.4 Å². The minimum atomic E-state index is -3.87. The molecule has 23 heavy (non-hydrogen) atoms. The van der Waals surface area contributed by atoms with Crippen LogP contribution in [0.3, 0.4) is 0 Å². The Bertz CT molecular complexity index is 816. The fourth-order valence-electron chi connectivity index (χ4n) is 1.91. The molecular formula is C15H16N2O5S. The lowest BCUT2D eigenvalue weighted by Crippen LogP contribution is -2.14. The number of rotatable bonds is 6. The van der Waals surface area contributed by atoms with Gasteiger partial charge in [0.15, 0.2) is 0 Å². The molecule has 0 aliphatic carbocycles. The number of aryl methyl sites for hydroxylation is 1. The zero-order valence-corrected chi connectivity index (χ0v) is 13.5. The van der Waals surface area contributed by atoms with E-state index in [9.17, 15) is 18.5 Å². The molecule has 0 radical (unpaired) electrons. The first-order valence-corrected chi connectivity index (χ1v) is 8.32. The van der Waals surface area contributed by atoms with Crippen LogP contribution >= 0.6 is 0 Å². The van der Waals surface area contributed by atoms with E-state index in [0.29, 0.717) is 6.61 Å². The van der Waals surface area contributed by atoms with Crippen LogP contribution in [0.2, 0.25) is 0 Å². The maximum atomic E-state index is 12.4. The van der Waals surface area contributed by atoms with E-state index in [4.69, 9.17) is 4.74 Å². The van der Waals surface area contributed by atoms with E-state index in [0.717, 1.165) is 11.6 Å². The highest BCUT2D eigenvalue weighted by Crippen LogP contribution is 2.31. The number of nitro benzene ring substituents is 1. The number of benzene rings is 2. The quantitative estimate of drug-likeness (QED) is 0.645. The first kappa shape index (κ1) is 16.8. The number of non-ortho nitro benzene ring substituents is 1. The van der Waals surface area contributed by atoms with Gasteiger partial charge in [0, 0.05) is 12.1 Å². The van der Waals surface area contributed by atoms with E-state index < -0.39 is 14.9 Å². The highest BCUT2D eigenvalue weighted by molar-refractivity contribution is 7.92. The lowest BCUT2D eigenvalue weighted by atomic mass is 10.2. The molecule has 8 heteroatoms. The Morgan fingerprint density at radius 2 is 1.83 bits per heavy atom. The summed E-state index contributed by atoms with van der Waals surface area (Å²) < 4.78 is 32.5. The number of ether oxygens (including phenoxy) is 1. The Morgan fingerprint density at radius 1 is 1.17 bits per heavy atom. The molecule has 2 aromatic rings. The van der Waals surface area contributed by atoms with E-state index in [-0.39, 0.29) is 22.0 Å². The molecule has 2 aromatic carbocycles. The smallest absolute Gasteiger partial charge is 0.271 e. The number of sulfonamides is 1. The molecule has 1 N–H and O–H groups in total. The number of nitrogens with one attached hydrogen (secondary N) is 1. The molecular weight excluding hydrogens is 320 g/mol. The van der Waals surface area contributed by atoms with Crippen molar-refractivity contribution in [1.29, 1.82) is 0 Å². The van der Waals surface area contributed by atoms with Crippen LogP contribution in [0.4, 0.5) is 11.4 Å². The molecule has 122 valence electrons. The van der Waals surface area contributed by atoms with Crippen molar-refractivity contribution in [3.05, 3.63) is 58.1 Å². The van der Waals surface area contributed by atoms with E-state index in [1.165, 1.54) is 24.3 Å². The van der Waals surface area contributed by atoms with Crippen LogP contribution in [0.5, 0.6) is 5.75 Å². The number of nitrogens with zero attached hydrogens (tertiary/aromatic N) is 1. The van der Waals surface area contributed by atoms with Gasteiger partial charge in [0.1, 0.15) is 5.75 Å². The molecule has 0 aliphatic rings. The van der Waals surface area contributed by atoms with Crippen molar-refractivity contribution in [3.63, 3.8) is 0 Å². The van der Waals surface area contributed by atoms with Gasteiger partial charge in [-0.15, -0.1) is 0 Å². The molecule has 0 heterocycles. The molecule has 0 saturated carbocycles. The molecule has 0 fully saturated rings. The van der Waals surface area contributed by atoms with Crippen molar-refractivity contribution in [1.82, 2.24) is 0 Å². The maximum Gasteiger partial charge on any atom is 0.271 e. The average molecular weight is 336 g/mol. The van der Waals surface area contributed by atoms with Gasteiger partial charge in [0.2, 0.25) is 0 Å². The summed E-state index contributed by atoms with van der Waals surface area (Å²) in [5, 5.41) is 10.9. The van der Waals surface area contributed by atoms with E-state index in [1.54, 1.807) is 19.1 Å². The monoisotopic (exact) mass is 336 g/mol. The van der Waals surface area contributed by atoms with Crippen LogP contribution in [-0.2, 0) is 10.0 Å². The number of anilines is 1. The molecule has 0 aliphatic heterocycles. The van der Waals surface area contributed by atoms with Gasteiger partial charge in [-0.25, -0.2) is 8.42 Å². The van der Waals surface area contributed by atoms with E-state index >= 15 is 0 Å². The predicted molar refractivity (Wildman–Crippen MR) is 86.3 cm³/mol. The Morgan fingerprint density at radius 3 is 2.39 bits per heavy atom. The van der Waals surface area contributed by atoms with Crippen LogP contribution in [0.15, 0.2) is 47.4 Å². The largest absolute Gasteiger partial charge is 0.492 e. The lowest BCUT2D eigenvalue weighted by Gasteiger charge is -2.13. The lowest BCUT2D eigenvalue weighted by molar-refractivity contribution is -0.384. The zero-order chi connectivity index (χ0) is 17.0. The highest BCUT2D eigenvalue weighted by Gasteiger charge is 2.19. The second kappa shape index (κ2) is 6.66. The SMILES string of the molecule is CCOc1ccc([N+](=O)[O-])cc1NS(=O)(=O)c1ccc(C)cc1. The van der Waals surface area contributed by atoms with Crippen molar-refractivity contribution in [3.8, 4) is 5.75 Å². The number of hydrogen-bond donors (Lipinski definition) is 1. The molecule has 0 unspecified atom stereocenters. The summed E-state index contributed by atoms with van der Waals surface area (Å²) in [6, 6.07) is 10.0. The molecule has 0 spiro atoms. The summed E-state index contributed by atoms with van der Waals surface area (Å²) in [6.45, 7) is 3.88.